The van der Waals surface area contributed by atoms with Gasteiger partial charge >= 0.3 is 17.6 Å². The van der Waals surface area contributed by atoms with Crippen molar-refractivity contribution in [3.63, 3.8) is 0 Å². The van der Waals surface area contributed by atoms with Crippen molar-refractivity contribution in [1.29, 1.82) is 0 Å². The zero-order chi connectivity index (χ0) is 25.8. The maximum Gasteiger partial charge on any atom is 0.350 e. The first-order valence-corrected chi connectivity index (χ1v) is 11.2. The molecule has 3 aromatic rings. The molecule has 1 amide bonds. The molecule has 0 spiro atoms. The van der Waals surface area contributed by atoms with E-state index >= 15 is 0 Å². The van der Waals surface area contributed by atoms with Gasteiger partial charge in [0.15, 0.2) is 5.82 Å². The number of anilines is 2. The highest BCUT2D eigenvalue weighted by Crippen LogP contribution is 2.26. The molecule has 2 N–H and O–H groups in total. The third kappa shape index (κ3) is 5.72. The van der Waals surface area contributed by atoms with Crippen LogP contribution in [0.25, 0.3) is 0 Å². The summed E-state index contributed by atoms with van der Waals surface area (Å²) in [6.45, 7) is 1.48. The highest BCUT2D eigenvalue weighted by Gasteiger charge is 2.25. The number of hydrogen-bond donors (Lipinski definition) is 2. The molecule has 15 nitrogen and oxygen atoms in total. The van der Waals surface area contributed by atoms with Crippen molar-refractivity contribution >= 4 is 33.1 Å². The zero-order valence-corrected chi connectivity index (χ0v) is 19.8. The van der Waals surface area contributed by atoms with E-state index in [9.17, 15) is 23.3 Å². The number of carbonyl (C=O) groups excluding carboxylic acids is 1. The molecule has 3 rings (SSSR count). The predicted molar refractivity (Wildman–Crippen MR) is 121 cm³/mol. The Morgan fingerprint density at radius 3 is 2.34 bits per heavy atom. The van der Waals surface area contributed by atoms with Crippen LogP contribution in [0.1, 0.15) is 13.0 Å². The monoisotopic (exact) mass is 507 g/mol. The number of aromatic nitrogens is 4. The molecule has 0 saturated heterocycles. The molecule has 0 aliphatic heterocycles. The summed E-state index contributed by atoms with van der Waals surface area (Å²) in [5.41, 5.74) is -0.0899. The van der Waals surface area contributed by atoms with Gasteiger partial charge in [-0.2, -0.15) is 9.97 Å². The minimum absolute atomic E-state index is 0.0661. The van der Waals surface area contributed by atoms with Gasteiger partial charge in [0.1, 0.15) is 12.2 Å². The number of nitrogens with one attached hydrogen (secondary N) is 2. The molecule has 0 bridgehead atoms. The van der Waals surface area contributed by atoms with E-state index < -0.39 is 26.9 Å². The van der Waals surface area contributed by atoms with Crippen molar-refractivity contribution in [3.05, 3.63) is 46.6 Å². The standard InChI is InChI=1S/C19H21N7O8S/c1-11(25-10-14(26(28)29)18(23-25)33-3)17(27)20-12-5-7-13(8-6-12)35(30,31)24-15-9-16(32-2)22-19(21-15)34-4/h5-11H,1-4H3,(H,20,27)(H,21,22,24). The normalized spacial score (nSPS) is 11.9. The molecule has 2 heterocycles. The lowest BCUT2D eigenvalue weighted by Crippen LogP contribution is -2.24. The Bertz CT molecular complexity index is 1320. The zero-order valence-electron chi connectivity index (χ0n) is 19.0. The number of nitro groups is 1. The first-order valence-electron chi connectivity index (χ1n) is 9.76. The molecule has 1 unspecified atom stereocenters. The molecule has 0 saturated carbocycles. The van der Waals surface area contributed by atoms with Crippen LogP contribution in [0.5, 0.6) is 17.8 Å². The molecular weight excluding hydrogens is 486 g/mol. The Hall–Kier alpha value is -4.47. The summed E-state index contributed by atoms with van der Waals surface area (Å²) in [4.78, 5) is 30.7. The molecule has 186 valence electrons. The second-order valence-corrected chi connectivity index (χ2v) is 8.52. The number of nitrogens with zero attached hydrogens (tertiary/aromatic N) is 5. The Kier molecular flexibility index (Phi) is 7.34. The molecule has 16 heteroatoms. The van der Waals surface area contributed by atoms with Crippen molar-refractivity contribution < 1.29 is 32.3 Å². The average Bonchev–Trinajstić information content (AvgIpc) is 3.28. The summed E-state index contributed by atoms with van der Waals surface area (Å²) < 4.78 is 43.6. The largest absolute Gasteiger partial charge is 0.481 e. The van der Waals surface area contributed by atoms with Gasteiger partial charge in [-0.3, -0.25) is 19.6 Å². The van der Waals surface area contributed by atoms with Gasteiger partial charge in [0.05, 0.1) is 31.1 Å². The van der Waals surface area contributed by atoms with Crippen LogP contribution in [-0.2, 0) is 14.8 Å². The fraction of sp³-hybridized carbons (Fsp3) is 0.263. The topological polar surface area (TPSA) is 190 Å². The van der Waals surface area contributed by atoms with Gasteiger partial charge in [0, 0.05) is 11.8 Å². The fourth-order valence-electron chi connectivity index (χ4n) is 2.77. The first-order chi connectivity index (χ1) is 16.6. The van der Waals surface area contributed by atoms with Crippen LogP contribution in [0.2, 0.25) is 0 Å². The third-order valence-electron chi connectivity index (χ3n) is 4.59. The number of rotatable bonds is 10. The van der Waals surface area contributed by atoms with Crippen LogP contribution < -0.4 is 24.2 Å². The lowest BCUT2D eigenvalue weighted by atomic mass is 10.2. The summed E-state index contributed by atoms with van der Waals surface area (Å²) in [6, 6.07) is 5.59. The number of methoxy groups -OCH3 is 3. The Morgan fingerprint density at radius 1 is 1.11 bits per heavy atom. The van der Waals surface area contributed by atoms with Gasteiger partial charge < -0.3 is 19.5 Å². The summed E-state index contributed by atoms with van der Waals surface area (Å²) in [5.74, 6) is -0.736. The van der Waals surface area contributed by atoms with Gasteiger partial charge in [-0.1, -0.05) is 0 Å². The van der Waals surface area contributed by atoms with E-state index in [1.165, 1.54) is 58.6 Å². The lowest BCUT2D eigenvalue weighted by molar-refractivity contribution is -0.385. The minimum Gasteiger partial charge on any atom is -0.481 e. The van der Waals surface area contributed by atoms with Crippen LogP contribution in [0.3, 0.4) is 0 Å². The first kappa shape index (κ1) is 25.2. The number of sulfonamides is 1. The lowest BCUT2D eigenvalue weighted by Gasteiger charge is -2.13. The number of carbonyl (C=O) groups is 1. The minimum atomic E-state index is -4.04. The number of benzene rings is 1. The molecule has 1 aromatic carbocycles. The van der Waals surface area contributed by atoms with Crippen molar-refractivity contribution in [1.82, 2.24) is 19.7 Å². The van der Waals surface area contributed by atoms with E-state index in [0.717, 1.165) is 10.9 Å². The van der Waals surface area contributed by atoms with E-state index in [2.05, 4.69) is 25.1 Å². The van der Waals surface area contributed by atoms with Crippen LogP contribution in [-0.4, -0.2) is 60.3 Å². The summed E-state index contributed by atoms with van der Waals surface area (Å²) in [5, 5.41) is 17.6. The molecule has 0 aliphatic carbocycles. The second kappa shape index (κ2) is 10.2. The van der Waals surface area contributed by atoms with Crippen molar-refractivity contribution in [2.45, 2.75) is 17.9 Å². The molecule has 0 aliphatic rings. The molecule has 1 atom stereocenters. The molecule has 2 aromatic heterocycles. The van der Waals surface area contributed by atoms with E-state index in [1.807, 2.05) is 0 Å². The van der Waals surface area contributed by atoms with Crippen LogP contribution in [0, 0.1) is 10.1 Å². The average molecular weight is 507 g/mol. The maximum atomic E-state index is 12.7. The summed E-state index contributed by atoms with van der Waals surface area (Å²) in [6.07, 6.45) is 1.08. The van der Waals surface area contributed by atoms with Gasteiger partial charge in [0.25, 0.3) is 10.0 Å². The summed E-state index contributed by atoms with van der Waals surface area (Å²) >= 11 is 0. The molecule has 0 radical (unpaired) electrons. The van der Waals surface area contributed by atoms with Gasteiger partial charge in [-0.15, -0.1) is 5.10 Å². The number of amides is 1. The van der Waals surface area contributed by atoms with Crippen molar-refractivity contribution in [3.8, 4) is 17.8 Å². The van der Waals surface area contributed by atoms with Gasteiger partial charge in [-0.25, -0.2) is 13.1 Å². The van der Waals surface area contributed by atoms with E-state index in [1.54, 1.807) is 0 Å². The predicted octanol–water partition coefficient (Wildman–Crippen LogP) is 1.61. The Balaban J connectivity index is 1.73. The van der Waals surface area contributed by atoms with E-state index in [4.69, 9.17) is 14.2 Å². The van der Waals surface area contributed by atoms with Crippen molar-refractivity contribution in [2.75, 3.05) is 31.4 Å². The molecule has 0 fully saturated rings. The van der Waals surface area contributed by atoms with E-state index in [0.29, 0.717) is 5.69 Å². The van der Waals surface area contributed by atoms with Gasteiger partial charge in [-0.05, 0) is 31.2 Å². The van der Waals surface area contributed by atoms with Crippen LogP contribution >= 0.6 is 0 Å². The van der Waals surface area contributed by atoms with Crippen LogP contribution in [0.15, 0.2) is 41.4 Å². The quantitative estimate of drug-likeness (QED) is 0.299. The molecular formula is C19H21N7O8S. The fourth-order valence-corrected chi connectivity index (χ4v) is 3.76. The number of ether oxygens (including phenoxy) is 3. The van der Waals surface area contributed by atoms with Crippen molar-refractivity contribution in [2.24, 2.45) is 0 Å². The Labute approximate surface area is 199 Å². The van der Waals surface area contributed by atoms with E-state index in [-0.39, 0.29) is 34.2 Å². The second-order valence-electron chi connectivity index (χ2n) is 6.84. The van der Waals surface area contributed by atoms with Crippen LogP contribution in [0.4, 0.5) is 17.2 Å². The third-order valence-corrected chi connectivity index (χ3v) is 5.96. The number of hydrogen-bond acceptors (Lipinski definition) is 11. The summed E-state index contributed by atoms with van der Waals surface area (Å²) in [7, 11) is -0.125. The maximum absolute atomic E-state index is 12.7. The molecule has 35 heavy (non-hydrogen) atoms. The van der Waals surface area contributed by atoms with Gasteiger partial charge in [0.2, 0.25) is 11.8 Å². The SMILES string of the molecule is COc1cc(NS(=O)(=O)c2ccc(NC(=O)C(C)n3cc([N+](=O)[O-])c(OC)n3)cc2)nc(OC)n1. The smallest absolute Gasteiger partial charge is 0.350 e. The highest BCUT2D eigenvalue weighted by molar-refractivity contribution is 7.92. The Morgan fingerprint density at radius 2 is 1.80 bits per heavy atom. The highest BCUT2D eigenvalue weighted by atomic mass is 32.2.